The SMILES string of the molecule is CCCCC(O)CN1CCCN2CCCN=C21. The van der Waals surface area contributed by atoms with Crippen LogP contribution in [-0.2, 0) is 0 Å². The molecule has 2 aliphatic rings. The standard InChI is InChI=1S/C13H25N3O/c1-2-3-6-12(17)11-16-10-5-9-15-8-4-7-14-13(15)16/h12,17H,2-11H2,1H3. The molecule has 0 aromatic heterocycles. The molecule has 0 bridgehead atoms. The number of nitrogens with zero attached hydrogens (tertiary/aromatic N) is 3. The molecule has 4 nitrogen and oxygen atoms in total. The van der Waals surface area contributed by atoms with Gasteiger partial charge >= 0.3 is 0 Å². The number of fused-ring (bicyclic) bond motifs is 1. The lowest BCUT2D eigenvalue weighted by molar-refractivity contribution is 0.114. The molecule has 98 valence electrons. The minimum atomic E-state index is -0.195. The maximum atomic E-state index is 10.0. The lowest BCUT2D eigenvalue weighted by Gasteiger charge is -2.41. The number of rotatable bonds is 5. The molecule has 1 N–H and O–H groups in total. The highest BCUT2D eigenvalue weighted by molar-refractivity contribution is 5.81. The molecule has 0 aromatic carbocycles. The van der Waals surface area contributed by atoms with E-state index in [-0.39, 0.29) is 6.10 Å². The Morgan fingerprint density at radius 3 is 2.94 bits per heavy atom. The predicted octanol–water partition coefficient (Wildman–Crippen LogP) is 1.30. The van der Waals surface area contributed by atoms with Crippen molar-refractivity contribution in [1.82, 2.24) is 9.80 Å². The molecular weight excluding hydrogens is 214 g/mol. The van der Waals surface area contributed by atoms with Gasteiger partial charge in [-0.15, -0.1) is 0 Å². The molecule has 2 aliphatic heterocycles. The van der Waals surface area contributed by atoms with E-state index in [1.54, 1.807) is 0 Å². The Balaban J connectivity index is 1.88. The smallest absolute Gasteiger partial charge is 0.196 e. The Morgan fingerprint density at radius 1 is 1.29 bits per heavy atom. The van der Waals surface area contributed by atoms with Gasteiger partial charge in [0.2, 0.25) is 0 Å². The number of unbranched alkanes of at least 4 members (excludes halogenated alkanes) is 1. The maximum Gasteiger partial charge on any atom is 0.196 e. The van der Waals surface area contributed by atoms with Crippen LogP contribution in [0.1, 0.15) is 39.0 Å². The molecule has 1 fully saturated rings. The first-order chi connectivity index (χ1) is 8.31. The molecule has 1 saturated heterocycles. The number of hydrogen-bond donors (Lipinski definition) is 1. The van der Waals surface area contributed by atoms with Gasteiger partial charge in [0.15, 0.2) is 5.96 Å². The summed E-state index contributed by atoms with van der Waals surface area (Å²) in [5.74, 6) is 1.14. The second-order valence-electron chi connectivity index (χ2n) is 5.12. The summed E-state index contributed by atoms with van der Waals surface area (Å²) in [6, 6.07) is 0. The minimum Gasteiger partial charge on any atom is -0.391 e. The summed E-state index contributed by atoms with van der Waals surface area (Å²) < 4.78 is 0. The summed E-state index contributed by atoms with van der Waals surface area (Å²) in [5.41, 5.74) is 0. The van der Waals surface area contributed by atoms with E-state index in [1.807, 2.05) is 0 Å². The van der Waals surface area contributed by atoms with Gasteiger partial charge in [-0.3, -0.25) is 4.99 Å². The molecule has 0 amide bonds. The van der Waals surface area contributed by atoms with Crippen LogP contribution in [0.2, 0.25) is 0 Å². The molecule has 0 saturated carbocycles. The zero-order valence-corrected chi connectivity index (χ0v) is 10.9. The van der Waals surface area contributed by atoms with Crippen LogP contribution in [0.5, 0.6) is 0 Å². The van der Waals surface area contributed by atoms with E-state index in [9.17, 15) is 5.11 Å². The van der Waals surface area contributed by atoms with Crippen molar-refractivity contribution in [2.75, 3.05) is 32.7 Å². The molecule has 4 heteroatoms. The van der Waals surface area contributed by atoms with E-state index < -0.39 is 0 Å². The van der Waals surface area contributed by atoms with Crippen molar-refractivity contribution in [3.63, 3.8) is 0 Å². The van der Waals surface area contributed by atoms with Crippen LogP contribution in [0.25, 0.3) is 0 Å². The van der Waals surface area contributed by atoms with Gasteiger partial charge in [-0.25, -0.2) is 0 Å². The topological polar surface area (TPSA) is 39.1 Å². The molecule has 1 atom stereocenters. The van der Waals surface area contributed by atoms with Crippen molar-refractivity contribution >= 4 is 5.96 Å². The lowest BCUT2D eigenvalue weighted by Crippen LogP contribution is -2.54. The van der Waals surface area contributed by atoms with Gasteiger partial charge in [-0.2, -0.15) is 0 Å². The number of aliphatic imine (C=N–C) groups is 1. The van der Waals surface area contributed by atoms with Gasteiger partial charge in [0.1, 0.15) is 0 Å². The highest BCUT2D eigenvalue weighted by atomic mass is 16.3. The first-order valence-corrected chi connectivity index (χ1v) is 7.03. The van der Waals surface area contributed by atoms with Crippen LogP contribution in [-0.4, -0.2) is 59.7 Å². The highest BCUT2D eigenvalue weighted by Crippen LogP contribution is 2.15. The predicted molar refractivity (Wildman–Crippen MR) is 70.2 cm³/mol. The fourth-order valence-electron chi connectivity index (χ4n) is 2.66. The largest absolute Gasteiger partial charge is 0.391 e. The summed E-state index contributed by atoms with van der Waals surface area (Å²) in [7, 11) is 0. The third kappa shape index (κ3) is 3.35. The van der Waals surface area contributed by atoms with Gasteiger partial charge < -0.3 is 14.9 Å². The molecular formula is C13H25N3O. The molecule has 0 aliphatic carbocycles. The molecule has 0 radical (unpaired) electrons. The molecule has 2 heterocycles. The Kier molecular flexibility index (Phi) is 4.66. The van der Waals surface area contributed by atoms with Crippen molar-refractivity contribution in [3.05, 3.63) is 0 Å². The van der Waals surface area contributed by atoms with Crippen LogP contribution in [0, 0.1) is 0 Å². The van der Waals surface area contributed by atoms with E-state index in [2.05, 4.69) is 21.7 Å². The van der Waals surface area contributed by atoms with Crippen molar-refractivity contribution in [1.29, 1.82) is 0 Å². The van der Waals surface area contributed by atoms with Crippen LogP contribution in [0.4, 0.5) is 0 Å². The number of hydrogen-bond acceptors (Lipinski definition) is 4. The first-order valence-electron chi connectivity index (χ1n) is 7.03. The van der Waals surface area contributed by atoms with Gasteiger partial charge in [0.05, 0.1) is 6.10 Å². The Bertz CT molecular complexity index is 267. The zero-order chi connectivity index (χ0) is 12.1. The molecule has 0 aromatic rings. The van der Waals surface area contributed by atoms with Crippen LogP contribution >= 0.6 is 0 Å². The van der Waals surface area contributed by atoms with Crippen molar-refractivity contribution < 1.29 is 5.11 Å². The molecule has 2 rings (SSSR count). The Hall–Kier alpha value is -0.770. The summed E-state index contributed by atoms with van der Waals surface area (Å²) in [4.78, 5) is 9.28. The summed E-state index contributed by atoms with van der Waals surface area (Å²) in [6.07, 6.45) is 5.37. The van der Waals surface area contributed by atoms with E-state index in [0.717, 1.165) is 57.9 Å². The first kappa shape index (κ1) is 12.7. The van der Waals surface area contributed by atoms with Gasteiger partial charge in [-0.1, -0.05) is 19.8 Å². The summed E-state index contributed by atoms with van der Waals surface area (Å²) in [6.45, 7) is 7.21. The molecule has 17 heavy (non-hydrogen) atoms. The fourth-order valence-corrected chi connectivity index (χ4v) is 2.66. The van der Waals surface area contributed by atoms with Gasteiger partial charge in [-0.05, 0) is 19.3 Å². The fraction of sp³-hybridized carbons (Fsp3) is 0.923. The van der Waals surface area contributed by atoms with Crippen LogP contribution < -0.4 is 0 Å². The number of guanidine groups is 1. The Morgan fingerprint density at radius 2 is 2.12 bits per heavy atom. The molecule has 0 spiro atoms. The van der Waals surface area contributed by atoms with Gasteiger partial charge in [0, 0.05) is 32.7 Å². The van der Waals surface area contributed by atoms with Gasteiger partial charge in [0.25, 0.3) is 0 Å². The van der Waals surface area contributed by atoms with E-state index in [4.69, 9.17) is 0 Å². The Labute approximate surface area is 104 Å². The summed E-state index contributed by atoms with van der Waals surface area (Å²) >= 11 is 0. The average Bonchev–Trinajstić information content (AvgIpc) is 2.37. The van der Waals surface area contributed by atoms with Crippen LogP contribution in [0.15, 0.2) is 4.99 Å². The van der Waals surface area contributed by atoms with E-state index in [1.165, 1.54) is 12.8 Å². The average molecular weight is 239 g/mol. The third-order valence-corrected chi connectivity index (χ3v) is 3.58. The molecule has 1 unspecified atom stereocenters. The van der Waals surface area contributed by atoms with E-state index in [0.29, 0.717) is 0 Å². The monoisotopic (exact) mass is 239 g/mol. The number of aliphatic hydroxyl groups is 1. The quantitative estimate of drug-likeness (QED) is 0.786. The number of aliphatic hydroxyl groups excluding tert-OH is 1. The summed E-state index contributed by atoms with van der Waals surface area (Å²) in [5, 5.41) is 10.0. The zero-order valence-electron chi connectivity index (χ0n) is 10.9. The van der Waals surface area contributed by atoms with E-state index >= 15 is 0 Å². The van der Waals surface area contributed by atoms with Crippen molar-refractivity contribution in [2.24, 2.45) is 4.99 Å². The normalized spacial score (nSPS) is 22.1. The minimum absolute atomic E-state index is 0.195. The lowest BCUT2D eigenvalue weighted by atomic mass is 10.1. The highest BCUT2D eigenvalue weighted by Gasteiger charge is 2.26. The van der Waals surface area contributed by atoms with Crippen molar-refractivity contribution in [3.8, 4) is 0 Å². The van der Waals surface area contributed by atoms with Crippen molar-refractivity contribution in [2.45, 2.75) is 45.1 Å². The van der Waals surface area contributed by atoms with Crippen LogP contribution in [0.3, 0.4) is 0 Å². The number of β-amino-alcohol motifs (C(OH)–C–C–N with tert-alkyl or cyclic N) is 1. The third-order valence-electron chi connectivity index (χ3n) is 3.58. The second-order valence-corrected chi connectivity index (χ2v) is 5.12. The second kappa shape index (κ2) is 6.24. The maximum absolute atomic E-state index is 10.0.